The van der Waals surface area contributed by atoms with Gasteiger partial charge in [-0.15, -0.1) is 0 Å². The summed E-state index contributed by atoms with van der Waals surface area (Å²) in [6, 6.07) is 20.6. The van der Waals surface area contributed by atoms with E-state index in [0.29, 0.717) is 11.9 Å². The number of fused-ring (bicyclic) bond motifs is 2. The molecule has 1 aliphatic rings. The third-order valence-corrected chi connectivity index (χ3v) is 6.66. The van der Waals surface area contributed by atoms with Crippen LogP contribution in [0, 0.1) is 5.92 Å². The summed E-state index contributed by atoms with van der Waals surface area (Å²) in [5, 5.41) is 2.16. The molecule has 6 heteroatoms. The highest BCUT2D eigenvalue weighted by molar-refractivity contribution is 5.96. The van der Waals surface area contributed by atoms with E-state index in [1.165, 1.54) is 12.8 Å². The summed E-state index contributed by atoms with van der Waals surface area (Å²) in [5.74, 6) is 2.11. The fourth-order valence-electron chi connectivity index (χ4n) is 5.02. The lowest BCUT2D eigenvalue weighted by molar-refractivity contribution is 0.159. The van der Waals surface area contributed by atoms with Crippen molar-refractivity contribution in [1.29, 1.82) is 0 Å². The van der Waals surface area contributed by atoms with Crippen molar-refractivity contribution in [1.82, 2.24) is 24.4 Å². The van der Waals surface area contributed by atoms with Crippen LogP contribution in [-0.4, -0.2) is 45.1 Å². The lowest BCUT2D eigenvalue weighted by atomic mass is 9.80. The Balaban J connectivity index is 1.35. The standard InChI is InChI=1S/C28H27N5O/c1-32(2)16-19-12-22(13-19)33-17-25(24-15-29-18-30-28(24)33)21-9-8-20-10-11-27(31-26(20)14-21)34-23-6-4-3-5-7-23/h3-11,14-15,17-19,22H,12-13,16H2,1-2H3. The maximum Gasteiger partial charge on any atom is 0.219 e. The molecule has 0 spiro atoms. The van der Waals surface area contributed by atoms with Gasteiger partial charge in [0.1, 0.15) is 17.7 Å². The molecule has 0 saturated heterocycles. The topological polar surface area (TPSA) is 56.1 Å². The first-order valence-corrected chi connectivity index (χ1v) is 11.7. The molecule has 34 heavy (non-hydrogen) atoms. The van der Waals surface area contributed by atoms with Gasteiger partial charge in [-0.2, -0.15) is 0 Å². The van der Waals surface area contributed by atoms with Crippen molar-refractivity contribution in [3.05, 3.63) is 79.4 Å². The Hall–Kier alpha value is -3.77. The number of pyridine rings is 1. The number of rotatable bonds is 6. The van der Waals surface area contributed by atoms with Crippen LogP contribution in [0.2, 0.25) is 0 Å². The highest BCUT2D eigenvalue weighted by Crippen LogP contribution is 2.42. The van der Waals surface area contributed by atoms with Gasteiger partial charge in [-0.25, -0.2) is 15.0 Å². The van der Waals surface area contributed by atoms with Crippen LogP contribution in [0.5, 0.6) is 11.6 Å². The first kappa shape index (κ1) is 20.8. The summed E-state index contributed by atoms with van der Waals surface area (Å²) < 4.78 is 8.31. The third-order valence-electron chi connectivity index (χ3n) is 6.66. The van der Waals surface area contributed by atoms with Crippen molar-refractivity contribution in [2.75, 3.05) is 20.6 Å². The summed E-state index contributed by atoms with van der Waals surface area (Å²) in [6.45, 7) is 1.14. The fourth-order valence-corrected chi connectivity index (χ4v) is 5.02. The van der Waals surface area contributed by atoms with Gasteiger partial charge < -0.3 is 14.2 Å². The molecule has 2 aromatic carbocycles. The van der Waals surface area contributed by atoms with Gasteiger partial charge in [0.05, 0.1) is 5.52 Å². The Kier molecular flexibility index (Phi) is 5.23. The van der Waals surface area contributed by atoms with E-state index in [2.05, 4.69) is 64.0 Å². The summed E-state index contributed by atoms with van der Waals surface area (Å²) in [7, 11) is 4.29. The van der Waals surface area contributed by atoms with Crippen LogP contribution < -0.4 is 4.74 Å². The summed E-state index contributed by atoms with van der Waals surface area (Å²) in [5.41, 5.74) is 4.16. The molecule has 0 amide bonds. The van der Waals surface area contributed by atoms with Crippen LogP contribution in [-0.2, 0) is 0 Å². The van der Waals surface area contributed by atoms with Crippen molar-refractivity contribution < 1.29 is 4.74 Å². The van der Waals surface area contributed by atoms with Crippen LogP contribution in [0.3, 0.4) is 0 Å². The van der Waals surface area contributed by atoms with Gasteiger partial charge in [-0.1, -0.05) is 30.3 Å². The van der Waals surface area contributed by atoms with E-state index in [1.54, 1.807) is 6.33 Å². The first-order valence-electron chi connectivity index (χ1n) is 11.7. The molecule has 5 aromatic rings. The maximum absolute atomic E-state index is 5.96. The Morgan fingerprint density at radius 2 is 1.85 bits per heavy atom. The number of aromatic nitrogens is 4. The molecular formula is C28H27N5O. The zero-order chi connectivity index (χ0) is 23.1. The molecule has 1 fully saturated rings. The highest BCUT2D eigenvalue weighted by Gasteiger charge is 2.32. The monoisotopic (exact) mass is 449 g/mol. The molecule has 1 saturated carbocycles. The molecule has 0 aliphatic heterocycles. The predicted octanol–water partition coefficient (Wildman–Crippen LogP) is 5.95. The zero-order valence-electron chi connectivity index (χ0n) is 19.4. The number of nitrogens with zero attached hydrogens (tertiary/aromatic N) is 5. The van der Waals surface area contributed by atoms with Gasteiger partial charge >= 0.3 is 0 Å². The molecule has 3 aromatic heterocycles. The number of hydrogen-bond acceptors (Lipinski definition) is 5. The van der Waals surface area contributed by atoms with Gasteiger partial charge in [0.15, 0.2) is 0 Å². The second kappa shape index (κ2) is 8.54. The largest absolute Gasteiger partial charge is 0.439 e. The lowest BCUT2D eigenvalue weighted by Crippen LogP contribution is -2.33. The molecule has 3 heterocycles. The highest BCUT2D eigenvalue weighted by atomic mass is 16.5. The predicted molar refractivity (Wildman–Crippen MR) is 135 cm³/mol. The number of hydrogen-bond donors (Lipinski definition) is 0. The molecule has 1 aliphatic carbocycles. The second-order valence-electron chi connectivity index (χ2n) is 9.44. The van der Waals surface area contributed by atoms with Crippen LogP contribution >= 0.6 is 0 Å². The third kappa shape index (κ3) is 3.90. The number of ether oxygens (including phenoxy) is 1. The normalized spacial score (nSPS) is 17.9. The molecule has 0 radical (unpaired) electrons. The molecule has 6 nitrogen and oxygen atoms in total. The fraction of sp³-hybridized carbons (Fsp3) is 0.250. The van der Waals surface area contributed by atoms with E-state index in [9.17, 15) is 0 Å². The van der Waals surface area contributed by atoms with Crippen molar-refractivity contribution >= 4 is 21.9 Å². The van der Waals surface area contributed by atoms with E-state index in [-0.39, 0.29) is 0 Å². The number of para-hydroxylation sites is 1. The van der Waals surface area contributed by atoms with Crippen LogP contribution in [0.15, 0.2) is 79.4 Å². The van der Waals surface area contributed by atoms with Crippen molar-refractivity contribution in [3.63, 3.8) is 0 Å². The van der Waals surface area contributed by atoms with E-state index >= 15 is 0 Å². The minimum absolute atomic E-state index is 0.487. The van der Waals surface area contributed by atoms with E-state index in [4.69, 9.17) is 9.72 Å². The average Bonchev–Trinajstić information content (AvgIpc) is 3.20. The van der Waals surface area contributed by atoms with Crippen LogP contribution in [0.25, 0.3) is 33.1 Å². The summed E-state index contributed by atoms with van der Waals surface area (Å²) >= 11 is 0. The minimum Gasteiger partial charge on any atom is -0.439 e. The van der Waals surface area contributed by atoms with Gasteiger partial charge in [0.25, 0.3) is 0 Å². The Morgan fingerprint density at radius 1 is 1.03 bits per heavy atom. The first-order chi connectivity index (χ1) is 16.6. The SMILES string of the molecule is CN(C)CC1CC(n2cc(-c3ccc4ccc(Oc5ccccc5)nc4c3)c3cncnc32)C1. The quantitative estimate of drug-likeness (QED) is 0.321. The van der Waals surface area contributed by atoms with Crippen molar-refractivity contribution in [2.24, 2.45) is 5.92 Å². The van der Waals surface area contributed by atoms with E-state index in [1.807, 2.05) is 42.6 Å². The molecule has 0 N–H and O–H groups in total. The molecule has 0 bridgehead atoms. The smallest absolute Gasteiger partial charge is 0.219 e. The average molecular weight is 450 g/mol. The van der Waals surface area contributed by atoms with Crippen molar-refractivity contribution in [2.45, 2.75) is 18.9 Å². The molecule has 0 atom stereocenters. The van der Waals surface area contributed by atoms with Gasteiger partial charge in [-0.3, -0.25) is 0 Å². The van der Waals surface area contributed by atoms with Gasteiger partial charge in [-0.05, 0) is 62.7 Å². The molecule has 0 unspecified atom stereocenters. The Bertz CT molecular complexity index is 1450. The van der Waals surface area contributed by atoms with Crippen LogP contribution in [0.1, 0.15) is 18.9 Å². The molecule has 170 valence electrons. The summed E-state index contributed by atoms with van der Waals surface area (Å²) in [6.07, 6.45) is 8.20. The minimum atomic E-state index is 0.487. The van der Waals surface area contributed by atoms with Gasteiger partial charge in [0.2, 0.25) is 5.88 Å². The maximum atomic E-state index is 5.96. The Labute approximate surface area is 198 Å². The van der Waals surface area contributed by atoms with Crippen LogP contribution in [0.4, 0.5) is 0 Å². The summed E-state index contributed by atoms with van der Waals surface area (Å²) in [4.78, 5) is 16.0. The lowest BCUT2D eigenvalue weighted by Gasteiger charge is -2.38. The van der Waals surface area contributed by atoms with Crippen molar-refractivity contribution in [3.8, 4) is 22.8 Å². The van der Waals surface area contributed by atoms with Gasteiger partial charge in [0, 0.05) is 47.4 Å². The van der Waals surface area contributed by atoms with E-state index in [0.717, 1.165) is 51.3 Å². The molecule has 6 rings (SSSR count). The Morgan fingerprint density at radius 3 is 2.68 bits per heavy atom. The molecular weight excluding hydrogens is 422 g/mol. The zero-order valence-corrected chi connectivity index (χ0v) is 19.4. The second-order valence-corrected chi connectivity index (χ2v) is 9.44. The number of benzene rings is 2. The van der Waals surface area contributed by atoms with E-state index < -0.39 is 0 Å².